The third kappa shape index (κ3) is 5.38. The van der Waals surface area contributed by atoms with Gasteiger partial charge in [-0.3, -0.25) is 0 Å². The van der Waals surface area contributed by atoms with Crippen LogP contribution in [-0.4, -0.2) is 6.10 Å². The van der Waals surface area contributed by atoms with Crippen LogP contribution in [0.5, 0.6) is 11.5 Å². The van der Waals surface area contributed by atoms with Gasteiger partial charge in [-0.1, -0.05) is 58.0 Å². The smallest absolute Gasteiger partial charge is 0.228 e. The maximum Gasteiger partial charge on any atom is 0.228 e. The maximum absolute atomic E-state index is 13.6. The Kier molecular flexibility index (Phi) is 8.24. The van der Waals surface area contributed by atoms with Crippen LogP contribution in [0.2, 0.25) is 0 Å². The molecule has 3 rings (SSSR count). The number of ether oxygens (including phenoxy) is 2. The van der Waals surface area contributed by atoms with Crippen LogP contribution in [0.3, 0.4) is 0 Å². The summed E-state index contributed by atoms with van der Waals surface area (Å²) in [7, 11) is 0. The summed E-state index contributed by atoms with van der Waals surface area (Å²) in [6.45, 7) is 16.8. The zero-order valence-electron chi connectivity index (χ0n) is 22.0. The molecule has 4 nitrogen and oxygen atoms in total. The molecule has 0 fully saturated rings. The summed E-state index contributed by atoms with van der Waals surface area (Å²) in [5, 5.41) is 13.6. The Hall–Kier alpha value is -3.01. The molecule has 3 aromatic rings. The largest absolute Gasteiger partial charge is 0.618 e. The van der Waals surface area contributed by atoms with Gasteiger partial charge in [0.15, 0.2) is 0 Å². The highest BCUT2D eigenvalue weighted by Gasteiger charge is 2.25. The first-order valence-corrected chi connectivity index (χ1v) is 12.4. The Bertz CT molecular complexity index is 1130. The molecule has 0 unspecified atom stereocenters. The topological polar surface area (TPSA) is 45.4 Å². The highest BCUT2D eigenvalue weighted by atomic mass is 16.5. The summed E-state index contributed by atoms with van der Waals surface area (Å²) in [6.07, 6.45) is 1.70. The highest BCUT2D eigenvalue weighted by molar-refractivity contribution is 5.68. The van der Waals surface area contributed by atoms with Crippen LogP contribution in [0.25, 0.3) is 11.3 Å². The number of aryl methyl sites for hydroxylation is 3. The summed E-state index contributed by atoms with van der Waals surface area (Å²) < 4.78 is 13.6. The predicted molar refractivity (Wildman–Crippen MR) is 140 cm³/mol. The van der Waals surface area contributed by atoms with Gasteiger partial charge in [0.05, 0.1) is 23.3 Å². The lowest BCUT2D eigenvalue weighted by Crippen LogP contribution is -2.35. The Labute approximate surface area is 205 Å². The van der Waals surface area contributed by atoms with E-state index in [1.807, 2.05) is 33.8 Å². The van der Waals surface area contributed by atoms with Crippen LogP contribution in [0.1, 0.15) is 81.0 Å². The van der Waals surface area contributed by atoms with E-state index in [1.165, 1.54) is 16.7 Å². The third-order valence-electron chi connectivity index (χ3n) is 6.39. The van der Waals surface area contributed by atoms with E-state index in [2.05, 4.69) is 64.1 Å². The lowest BCUT2D eigenvalue weighted by atomic mass is 9.94. The zero-order chi connectivity index (χ0) is 25.0. The normalized spacial score (nSPS) is 11.4. The molecule has 0 amide bonds. The van der Waals surface area contributed by atoms with Crippen molar-refractivity contribution in [3.05, 3.63) is 81.2 Å². The van der Waals surface area contributed by atoms with Gasteiger partial charge in [0.1, 0.15) is 18.1 Å². The van der Waals surface area contributed by atoms with Gasteiger partial charge in [0, 0.05) is 6.92 Å². The number of aromatic nitrogens is 1. The van der Waals surface area contributed by atoms with Crippen molar-refractivity contribution in [2.24, 2.45) is 0 Å². The van der Waals surface area contributed by atoms with Gasteiger partial charge >= 0.3 is 0 Å². The van der Waals surface area contributed by atoms with E-state index < -0.39 is 0 Å². The van der Waals surface area contributed by atoms with Gasteiger partial charge in [-0.25, -0.2) is 0 Å². The minimum Gasteiger partial charge on any atom is -0.618 e. The van der Waals surface area contributed by atoms with Gasteiger partial charge in [-0.15, -0.1) is 0 Å². The van der Waals surface area contributed by atoms with Crippen LogP contribution >= 0.6 is 0 Å². The molecule has 0 aliphatic carbocycles. The molecule has 0 aliphatic heterocycles. The average molecular weight is 462 g/mol. The fourth-order valence-corrected chi connectivity index (χ4v) is 4.31. The van der Waals surface area contributed by atoms with Crippen molar-refractivity contribution >= 4 is 0 Å². The molecule has 0 atom stereocenters. The summed E-state index contributed by atoms with van der Waals surface area (Å²) >= 11 is 0. The lowest BCUT2D eigenvalue weighted by molar-refractivity contribution is -0.601. The summed E-state index contributed by atoms with van der Waals surface area (Å²) in [5.41, 5.74) is 7.70. The highest BCUT2D eigenvalue weighted by Crippen LogP contribution is 2.33. The van der Waals surface area contributed by atoms with Crippen LogP contribution in [0.4, 0.5) is 0 Å². The van der Waals surface area contributed by atoms with E-state index in [9.17, 15) is 5.21 Å². The monoisotopic (exact) mass is 461 g/mol. The molecule has 0 saturated heterocycles. The third-order valence-corrected chi connectivity index (χ3v) is 6.39. The van der Waals surface area contributed by atoms with Crippen LogP contribution < -0.4 is 14.2 Å². The van der Waals surface area contributed by atoms with Crippen molar-refractivity contribution in [2.45, 2.75) is 86.9 Å². The van der Waals surface area contributed by atoms with E-state index in [0.717, 1.165) is 40.0 Å². The van der Waals surface area contributed by atoms with E-state index in [4.69, 9.17) is 9.47 Å². The molecule has 4 heteroatoms. The minimum absolute atomic E-state index is 0.0217. The molecule has 0 spiro atoms. The fraction of sp³-hybridized carbons (Fsp3) is 0.433. The standard InChI is InChI=1S/C30H39NO3/c1-9-23-12-11-13-24(10-2)30(23)27-17-29(34-20(5)6)26(22(8)31(27)32)18-33-28-16-25(19(3)4)15-14-21(28)7/h11-17,19-20H,9-10,18H2,1-8H3. The number of hydrogen-bond donors (Lipinski definition) is 0. The van der Waals surface area contributed by atoms with Crippen LogP contribution in [-0.2, 0) is 19.4 Å². The number of hydrogen-bond acceptors (Lipinski definition) is 3. The summed E-state index contributed by atoms with van der Waals surface area (Å²) in [4.78, 5) is 0. The molecule has 0 bridgehead atoms. The molecule has 1 heterocycles. The van der Waals surface area contributed by atoms with Crippen molar-refractivity contribution in [3.63, 3.8) is 0 Å². The minimum atomic E-state index is -0.0217. The van der Waals surface area contributed by atoms with Crippen molar-refractivity contribution in [1.29, 1.82) is 0 Å². The number of rotatable bonds is 9. The van der Waals surface area contributed by atoms with Gasteiger partial charge < -0.3 is 14.7 Å². The predicted octanol–water partition coefficient (Wildman–Crippen LogP) is 7.22. The first-order chi connectivity index (χ1) is 16.2. The Balaban J connectivity index is 2.10. The van der Waals surface area contributed by atoms with Gasteiger partial charge in [0.2, 0.25) is 11.4 Å². The second kappa shape index (κ2) is 10.9. The quantitative estimate of drug-likeness (QED) is 0.250. The Morgan fingerprint density at radius 1 is 0.882 bits per heavy atom. The number of benzene rings is 2. The van der Waals surface area contributed by atoms with Crippen molar-refractivity contribution in [3.8, 4) is 22.8 Å². The average Bonchev–Trinajstić information content (AvgIpc) is 2.81. The molecule has 0 radical (unpaired) electrons. The van der Waals surface area contributed by atoms with Crippen molar-refractivity contribution in [2.75, 3.05) is 0 Å². The molecule has 0 aliphatic rings. The summed E-state index contributed by atoms with van der Waals surface area (Å²) in [5.74, 6) is 1.96. The number of pyridine rings is 1. The Morgan fingerprint density at radius 2 is 1.53 bits per heavy atom. The molecule has 0 saturated carbocycles. The second-order valence-corrected chi connectivity index (χ2v) is 9.55. The molecular weight excluding hydrogens is 422 g/mol. The van der Waals surface area contributed by atoms with Gasteiger partial charge in [0.25, 0.3) is 0 Å². The summed E-state index contributed by atoms with van der Waals surface area (Å²) in [6, 6.07) is 14.5. The van der Waals surface area contributed by atoms with Crippen molar-refractivity contribution < 1.29 is 14.2 Å². The second-order valence-electron chi connectivity index (χ2n) is 9.55. The molecular formula is C30H39NO3. The molecule has 2 aromatic carbocycles. The first kappa shape index (κ1) is 25.6. The molecule has 34 heavy (non-hydrogen) atoms. The zero-order valence-corrected chi connectivity index (χ0v) is 22.0. The molecule has 0 N–H and O–H groups in total. The SMILES string of the molecule is CCc1cccc(CC)c1-c1cc(OC(C)C)c(COc2cc(C(C)C)ccc2C)c(C)[n+]1[O-]. The first-order valence-electron chi connectivity index (χ1n) is 12.4. The van der Waals surface area contributed by atoms with E-state index in [1.54, 1.807) is 0 Å². The van der Waals surface area contributed by atoms with Crippen LogP contribution in [0.15, 0.2) is 42.5 Å². The molecule has 1 aromatic heterocycles. The van der Waals surface area contributed by atoms with Gasteiger partial charge in [-0.2, -0.15) is 4.73 Å². The van der Waals surface area contributed by atoms with E-state index >= 15 is 0 Å². The van der Waals surface area contributed by atoms with Crippen LogP contribution in [0, 0.1) is 19.1 Å². The maximum atomic E-state index is 13.6. The van der Waals surface area contributed by atoms with Crippen molar-refractivity contribution in [1.82, 2.24) is 0 Å². The van der Waals surface area contributed by atoms with E-state index in [0.29, 0.717) is 23.1 Å². The fourth-order valence-electron chi connectivity index (χ4n) is 4.31. The lowest BCUT2D eigenvalue weighted by Gasteiger charge is -2.21. The van der Waals surface area contributed by atoms with E-state index in [-0.39, 0.29) is 12.7 Å². The van der Waals surface area contributed by atoms with Gasteiger partial charge in [-0.05, 0) is 67.9 Å². The Morgan fingerprint density at radius 3 is 2.09 bits per heavy atom. The number of nitrogens with zero attached hydrogens (tertiary/aromatic N) is 1. The molecule has 182 valence electrons.